The number of urea groups is 1. The molecule has 2 aliphatic heterocycles. The Hall–Kier alpha value is -3.46. The first-order valence-corrected chi connectivity index (χ1v) is 11.7. The summed E-state index contributed by atoms with van der Waals surface area (Å²) >= 11 is 0. The maximum atomic E-state index is 13.3. The van der Waals surface area contributed by atoms with Crippen molar-refractivity contribution in [2.75, 3.05) is 56.4 Å². The summed E-state index contributed by atoms with van der Waals surface area (Å²) in [6.45, 7) is 3.67. The predicted octanol–water partition coefficient (Wildman–Crippen LogP) is 2.85. The molecule has 0 unspecified atom stereocenters. The van der Waals surface area contributed by atoms with Crippen molar-refractivity contribution >= 4 is 29.2 Å². The van der Waals surface area contributed by atoms with Crippen molar-refractivity contribution in [3.63, 3.8) is 0 Å². The van der Waals surface area contributed by atoms with E-state index in [1.165, 1.54) is 12.1 Å². The number of carbonyl (C=O) groups is 3. The zero-order valence-electron chi connectivity index (χ0n) is 19.1. The van der Waals surface area contributed by atoms with Crippen LogP contribution in [0.25, 0.3) is 0 Å². The van der Waals surface area contributed by atoms with E-state index in [0.717, 1.165) is 5.69 Å². The Bertz CT molecular complexity index is 1000. The maximum Gasteiger partial charge on any atom is 0.321 e. The van der Waals surface area contributed by atoms with E-state index >= 15 is 0 Å². The summed E-state index contributed by atoms with van der Waals surface area (Å²) < 4.78 is 13.3. The highest BCUT2D eigenvalue weighted by Crippen LogP contribution is 2.21. The van der Waals surface area contributed by atoms with Crippen LogP contribution in [0.15, 0.2) is 54.6 Å². The summed E-state index contributed by atoms with van der Waals surface area (Å²) in [5.74, 6) is -0.547. The van der Waals surface area contributed by atoms with Gasteiger partial charge in [-0.3, -0.25) is 14.5 Å². The second-order valence-corrected chi connectivity index (χ2v) is 8.72. The molecule has 0 saturated carbocycles. The number of likely N-dealkylation sites (tertiary alicyclic amines) is 1. The van der Waals surface area contributed by atoms with Gasteiger partial charge in [-0.1, -0.05) is 24.3 Å². The molecule has 34 heavy (non-hydrogen) atoms. The van der Waals surface area contributed by atoms with Crippen LogP contribution in [0.1, 0.15) is 12.8 Å². The Morgan fingerprint density at radius 2 is 1.47 bits per heavy atom. The molecule has 2 heterocycles. The quantitative estimate of drug-likeness (QED) is 0.708. The number of piperidine rings is 1. The molecule has 180 valence electrons. The second-order valence-electron chi connectivity index (χ2n) is 8.72. The molecule has 2 aromatic rings. The van der Waals surface area contributed by atoms with E-state index in [-0.39, 0.29) is 30.3 Å². The highest BCUT2D eigenvalue weighted by molar-refractivity contribution is 5.92. The zero-order valence-corrected chi connectivity index (χ0v) is 19.1. The van der Waals surface area contributed by atoms with Crippen molar-refractivity contribution in [2.45, 2.75) is 12.8 Å². The van der Waals surface area contributed by atoms with Gasteiger partial charge in [0.2, 0.25) is 11.8 Å². The van der Waals surface area contributed by atoms with Gasteiger partial charge in [0.05, 0.1) is 6.54 Å². The summed E-state index contributed by atoms with van der Waals surface area (Å²) in [6.07, 6.45) is 1.30. The Balaban J connectivity index is 1.17. The third-order valence-corrected chi connectivity index (χ3v) is 6.32. The summed E-state index contributed by atoms with van der Waals surface area (Å²) in [6, 6.07) is 15.0. The normalized spacial score (nSPS) is 17.3. The van der Waals surface area contributed by atoms with Crippen molar-refractivity contribution in [3.8, 4) is 0 Å². The molecule has 2 saturated heterocycles. The van der Waals surface area contributed by atoms with Gasteiger partial charge in [-0.25, -0.2) is 9.18 Å². The lowest BCUT2D eigenvalue weighted by atomic mass is 9.95. The molecule has 0 spiro atoms. The van der Waals surface area contributed by atoms with Crippen LogP contribution in [0.5, 0.6) is 0 Å². The van der Waals surface area contributed by atoms with Crippen LogP contribution in [0.3, 0.4) is 0 Å². The van der Waals surface area contributed by atoms with E-state index < -0.39 is 5.82 Å². The number of amides is 4. The SMILES string of the molecule is O=C(CN1CCN(C(=O)C2CCN(C(=O)Nc3ccccc3)CC2)CC1)Nc1cccc(F)c1. The standard InChI is InChI=1S/C25H30FN5O3/c26-20-5-4-8-22(17-20)27-23(32)18-29-13-15-30(16-14-29)24(33)19-9-11-31(12-10-19)25(34)28-21-6-2-1-3-7-21/h1-8,17,19H,9-16,18H2,(H,27,32)(H,28,34). The van der Waals surface area contributed by atoms with Crippen LogP contribution in [0.2, 0.25) is 0 Å². The van der Waals surface area contributed by atoms with Gasteiger partial charge in [0, 0.05) is 56.6 Å². The summed E-state index contributed by atoms with van der Waals surface area (Å²) in [5, 5.41) is 5.60. The molecular weight excluding hydrogens is 437 g/mol. The summed E-state index contributed by atoms with van der Waals surface area (Å²) in [4.78, 5) is 43.3. The molecule has 0 bridgehead atoms. The largest absolute Gasteiger partial charge is 0.340 e. The number of halogens is 1. The molecule has 8 nitrogen and oxygen atoms in total. The minimum absolute atomic E-state index is 0.0800. The number of hydrogen-bond acceptors (Lipinski definition) is 4. The van der Waals surface area contributed by atoms with Crippen molar-refractivity contribution in [1.29, 1.82) is 0 Å². The van der Waals surface area contributed by atoms with E-state index in [2.05, 4.69) is 10.6 Å². The third kappa shape index (κ3) is 6.32. The molecule has 2 aliphatic rings. The highest BCUT2D eigenvalue weighted by Gasteiger charge is 2.32. The second kappa shape index (κ2) is 11.1. The molecule has 2 N–H and O–H groups in total. The van der Waals surface area contributed by atoms with Crippen molar-refractivity contribution in [1.82, 2.24) is 14.7 Å². The number of carbonyl (C=O) groups excluding carboxylic acids is 3. The van der Waals surface area contributed by atoms with Crippen molar-refractivity contribution in [2.24, 2.45) is 5.92 Å². The average Bonchev–Trinajstić information content (AvgIpc) is 2.85. The number of piperazine rings is 1. The first kappa shape index (κ1) is 23.7. The molecule has 0 radical (unpaired) electrons. The van der Waals surface area contributed by atoms with Crippen LogP contribution in [0.4, 0.5) is 20.6 Å². The van der Waals surface area contributed by atoms with Gasteiger partial charge in [0.25, 0.3) is 0 Å². The predicted molar refractivity (Wildman–Crippen MR) is 128 cm³/mol. The van der Waals surface area contributed by atoms with Crippen LogP contribution in [-0.4, -0.2) is 78.4 Å². The zero-order chi connectivity index (χ0) is 23.9. The molecule has 4 amide bonds. The molecule has 2 fully saturated rings. The van der Waals surface area contributed by atoms with E-state index in [4.69, 9.17) is 0 Å². The van der Waals surface area contributed by atoms with Gasteiger partial charge in [-0.2, -0.15) is 0 Å². The van der Waals surface area contributed by atoms with Gasteiger partial charge < -0.3 is 20.4 Å². The van der Waals surface area contributed by atoms with Gasteiger partial charge in [-0.15, -0.1) is 0 Å². The molecule has 0 aliphatic carbocycles. The van der Waals surface area contributed by atoms with E-state index in [1.54, 1.807) is 17.0 Å². The van der Waals surface area contributed by atoms with E-state index in [0.29, 0.717) is 57.8 Å². The molecule has 0 aromatic heterocycles. The molecular formula is C25H30FN5O3. The maximum absolute atomic E-state index is 13.3. The Morgan fingerprint density at radius 1 is 0.794 bits per heavy atom. The fourth-order valence-corrected chi connectivity index (χ4v) is 4.41. The smallest absolute Gasteiger partial charge is 0.321 e. The lowest BCUT2D eigenvalue weighted by Crippen LogP contribution is -2.53. The first-order valence-electron chi connectivity index (χ1n) is 11.7. The Kier molecular flexibility index (Phi) is 7.74. The molecule has 2 aromatic carbocycles. The topological polar surface area (TPSA) is 85.0 Å². The Labute approximate surface area is 198 Å². The summed E-state index contributed by atoms with van der Waals surface area (Å²) in [5.41, 5.74) is 1.19. The molecule has 9 heteroatoms. The van der Waals surface area contributed by atoms with Crippen LogP contribution < -0.4 is 10.6 Å². The number of hydrogen-bond donors (Lipinski definition) is 2. The fraction of sp³-hybridized carbons (Fsp3) is 0.400. The van der Waals surface area contributed by atoms with Gasteiger partial charge >= 0.3 is 6.03 Å². The van der Waals surface area contributed by atoms with Gasteiger partial charge in [0.15, 0.2) is 0 Å². The van der Waals surface area contributed by atoms with Gasteiger partial charge in [0.1, 0.15) is 5.82 Å². The van der Waals surface area contributed by atoms with Crippen molar-refractivity contribution < 1.29 is 18.8 Å². The number of para-hydroxylation sites is 1. The lowest BCUT2D eigenvalue weighted by molar-refractivity contribution is -0.138. The minimum Gasteiger partial charge on any atom is -0.340 e. The van der Waals surface area contributed by atoms with Crippen LogP contribution in [-0.2, 0) is 9.59 Å². The molecule has 4 rings (SSSR count). The number of anilines is 2. The number of nitrogens with zero attached hydrogens (tertiary/aromatic N) is 3. The third-order valence-electron chi connectivity index (χ3n) is 6.32. The van der Waals surface area contributed by atoms with Crippen LogP contribution in [0, 0.1) is 11.7 Å². The lowest BCUT2D eigenvalue weighted by Gasteiger charge is -2.38. The van der Waals surface area contributed by atoms with Crippen LogP contribution >= 0.6 is 0 Å². The van der Waals surface area contributed by atoms with Gasteiger partial charge in [-0.05, 0) is 43.2 Å². The summed E-state index contributed by atoms with van der Waals surface area (Å²) in [7, 11) is 0. The van der Waals surface area contributed by atoms with E-state index in [1.807, 2.05) is 40.1 Å². The van der Waals surface area contributed by atoms with Crippen molar-refractivity contribution in [3.05, 3.63) is 60.4 Å². The Morgan fingerprint density at radius 3 is 2.15 bits per heavy atom. The number of rotatable bonds is 5. The van der Waals surface area contributed by atoms with E-state index in [9.17, 15) is 18.8 Å². The molecule has 0 atom stereocenters. The average molecular weight is 468 g/mol. The highest BCUT2D eigenvalue weighted by atomic mass is 19.1. The minimum atomic E-state index is -0.396. The monoisotopic (exact) mass is 467 g/mol. The number of benzene rings is 2. The fourth-order valence-electron chi connectivity index (χ4n) is 4.41. The first-order chi connectivity index (χ1) is 16.5. The number of nitrogens with one attached hydrogen (secondary N) is 2.